The number of benzene rings is 1. The van der Waals surface area contributed by atoms with Gasteiger partial charge in [0, 0.05) is 25.2 Å². The summed E-state index contributed by atoms with van der Waals surface area (Å²) >= 11 is 0. The van der Waals surface area contributed by atoms with E-state index >= 15 is 0 Å². The van der Waals surface area contributed by atoms with Crippen LogP contribution in [0, 0.1) is 6.92 Å². The van der Waals surface area contributed by atoms with E-state index < -0.39 is 6.10 Å². The Morgan fingerprint density at radius 1 is 1.36 bits per heavy atom. The number of H-pyrrole nitrogens is 1. The average molecular weight is 345 g/mol. The number of para-hydroxylation sites is 1. The number of rotatable bonds is 7. The maximum Gasteiger partial charge on any atom is 0.255 e. The number of aliphatic hydroxyl groups is 1. The molecule has 0 fully saturated rings. The van der Waals surface area contributed by atoms with E-state index in [1.807, 2.05) is 29.2 Å². The molecule has 0 amide bonds. The second kappa shape index (κ2) is 7.77. The Morgan fingerprint density at radius 3 is 2.96 bits per heavy atom. The highest BCUT2D eigenvalue weighted by molar-refractivity contribution is 5.32. The monoisotopic (exact) mass is 345 g/mol. The quantitative estimate of drug-likeness (QED) is 0.778. The molecule has 1 aromatic carbocycles. The summed E-state index contributed by atoms with van der Waals surface area (Å²) in [4.78, 5) is 21.0. The van der Waals surface area contributed by atoms with Crippen LogP contribution in [0.15, 0.2) is 29.1 Å². The number of aromatic amines is 1. The molecule has 0 saturated carbocycles. The van der Waals surface area contributed by atoms with Crippen molar-refractivity contribution in [3.63, 3.8) is 0 Å². The van der Waals surface area contributed by atoms with E-state index in [0.717, 1.165) is 17.0 Å². The van der Waals surface area contributed by atoms with E-state index in [0.29, 0.717) is 37.6 Å². The first kappa shape index (κ1) is 17.6. The van der Waals surface area contributed by atoms with E-state index in [1.165, 1.54) is 0 Å². The van der Waals surface area contributed by atoms with Gasteiger partial charge in [0.05, 0.1) is 37.7 Å². The molecular weight excluding hydrogens is 322 g/mol. The summed E-state index contributed by atoms with van der Waals surface area (Å²) in [6.45, 7) is 3.87. The Hall–Kier alpha value is -2.22. The standard InChI is InChI=1S/C18H23N3O4/c1-12-19-16-9-21(8-15(16)18(23)20-12)7-14(22)11-25-10-13-5-3-4-6-17(13)24-2/h3-6,14,22H,7-11H2,1-2H3,(H,19,20,23). The van der Waals surface area contributed by atoms with Crippen molar-refractivity contribution < 1.29 is 14.6 Å². The first-order valence-electron chi connectivity index (χ1n) is 8.25. The molecule has 0 spiro atoms. The van der Waals surface area contributed by atoms with Crippen LogP contribution in [0.3, 0.4) is 0 Å². The zero-order chi connectivity index (χ0) is 17.8. The van der Waals surface area contributed by atoms with Crippen molar-refractivity contribution in [1.29, 1.82) is 0 Å². The number of aliphatic hydroxyl groups excluding tert-OH is 1. The highest BCUT2D eigenvalue weighted by Crippen LogP contribution is 2.19. The number of hydrogen-bond donors (Lipinski definition) is 2. The largest absolute Gasteiger partial charge is 0.496 e. The topological polar surface area (TPSA) is 87.7 Å². The van der Waals surface area contributed by atoms with Gasteiger partial charge in [-0.3, -0.25) is 9.69 Å². The fourth-order valence-electron chi connectivity index (χ4n) is 3.06. The maximum absolute atomic E-state index is 11.9. The summed E-state index contributed by atoms with van der Waals surface area (Å²) < 4.78 is 10.9. The van der Waals surface area contributed by atoms with Crippen LogP contribution in [0.2, 0.25) is 0 Å². The van der Waals surface area contributed by atoms with E-state index in [2.05, 4.69) is 9.97 Å². The van der Waals surface area contributed by atoms with Gasteiger partial charge in [0.1, 0.15) is 11.6 Å². The lowest BCUT2D eigenvalue weighted by molar-refractivity contribution is 0.00861. The Bertz CT molecular complexity index is 790. The van der Waals surface area contributed by atoms with Gasteiger partial charge in [0.15, 0.2) is 0 Å². The summed E-state index contributed by atoms with van der Waals surface area (Å²) in [6.07, 6.45) is -0.635. The van der Waals surface area contributed by atoms with Gasteiger partial charge in [-0.2, -0.15) is 0 Å². The Morgan fingerprint density at radius 2 is 2.16 bits per heavy atom. The molecule has 1 aliphatic rings. The molecule has 134 valence electrons. The molecule has 0 radical (unpaired) electrons. The first-order valence-corrected chi connectivity index (χ1v) is 8.25. The molecular formula is C18H23N3O4. The molecule has 0 bridgehead atoms. The number of ether oxygens (including phenoxy) is 2. The summed E-state index contributed by atoms with van der Waals surface area (Å²) in [7, 11) is 1.62. The lowest BCUT2D eigenvalue weighted by Crippen LogP contribution is -2.31. The minimum absolute atomic E-state index is 0.0908. The second-order valence-electron chi connectivity index (χ2n) is 6.23. The lowest BCUT2D eigenvalue weighted by atomic mass is 10.2. The van der Waals surface area contributed by atoms with Crippen molar-refractivity contribution in [3.8, 4) is 5.75 Å². The van der Waals surface area contributed by atoms with Gasteiger partial charge in [-0.05, 0) is 13.0 Å². The average Bonchev–Trinajstić information content (AvgIpc) is 2.97. The fraction of sp³-hybridized carbons (Fsp3) is 0.444. The molecule has 7 heteroatoms. The lowest BCUT2D eigenvalue weighted by Gasteiger charge is -2.19. The molecule has 2 aromatic rings. The third-order valence-electron chi connectivity index (χ3n) is 4.20. The van der Waals surface area contributed by atoms with Crippen molar-refractivity contribution in [2.45, 2.75) is 32.7 Å². The number of hydrogen-bond acceptors (Lipinski definition) is 6. The zero-order valence-electron chi connectivity index (χ0n) is 14.5. The molecule has 2 N–H and O–H groups in total. The molecule has 0 aliphatic carbocycles. The van der Waals surface area contributed by atoms with Crippen LogP contribution in [-0.4, -0.2) is 46.3 Å². The Labute approximate surface area is 146 Å². The molecule has 7 nitrogen and oxygen atoms in total. The predicted molar refractivity (Wildman–Crippen MR) is 92.4 cm³/mol. The second-order valence-corrected chi connectivity index (χ2v) is 6.23. The normalized spacial score (nSPS) is 15.2. The molecule has 2 heterocycles. The minimum atomic E-state index is -0.635. The smallest absolute Gasteiger partial charge is 0.255 e. The fourth-order valence-corrected chi connectivity index (χ4v) is 3.06. The maximum atomic E-state index is 11.9. The molecule has 1 atom stereocenters. The van der Waals surface area contributed by atoms with E-state index in [1.54, 1.807) is 14.0 Å². The van der Waals surface area contributed by atoms with Crippen LogP contribution in [0.4, 0.5) is 0 Å². The molecule has 0 saturated heterocycles. The molecule has 1 aromatic heterocycles. The van der Waals surface area contributed by atoms with E-state index in [9.17, 15) is 9.90 Å². The van der Waals surface area contributed by atoms with E-state index in [-0.39, 0.29) is 12.2 Å². The van der Waals surface area contributed by atoms with Gasteiger partial charge >= 0.3 is 0 Å². The van der Waals surface area contributed by atoms with Crippen molar-refractivity contribution in [2.75, 3.05) is 20.3 Å². The van der Waals surface area contributed by atoms with Crippen LogP contribution in [0.1, 0.15) is 22.6 Å². The molecule has 3 rings (SSSR count). The van der Waals surface area contributed by atoms with Crippen LogP contribution >= 0.6 is 0 Å². The summed E-state index contributed by atoms with van der Waals surface area (Å²) in [5.74, 6) is 1.39. The first-order chi connectivity index (χ1) is 12.1. The van der Waals surface area contributed by atoms with Gasteiger partial charge in [0.2, 0.25) is 0 Å². The van der Waals surface area contributed by atoms with Gasteiger partial charge < -0.3 is 19.6 Å². The van der Waals surface area contributed by atoms with Crippen molar-refractivity contribution in [3.05, 3.63) is 57.3 Å². The highest BCUT2D eigenvalue weighted by Gasteiger charge is 2.25. The molecule has 25 heavy (non-hydrogen) atoms. The van der Waals surface area contributed by atoms with Gasteiger partial charge in [0.25, 0.3) is 5.56 Å². The summed E-state index contributed by atoms with van der Waals surface area (Å²) in [6, 6.07) is 7.64. The van der Waals surface area contributed by atoms with Crippen molar-refractivity contribution in [1.82, 2.24) is 14.9 Å². The van der Waals surface area contributed by atoms with E-state index in [4.69, 9.17) is 9.47 Å². The third kappa shape index (κ3) is 4.25. The number of aryl methyl sites for hydroxylation is 1. The molecule has 1 aliphatic heterocycles. The van der Waals surface area contributed by atoms with Crippen molar-refractivity contribution >= 4 is 0 Å². The minimum Gasteiger partial charge on any atom is -0.496 e. The van der Waals surface area contributed by atoms with Gasteiger partial charge in [-0.25, -0.2) is 4.98 Å². The van der Waals surface area contributed by atoms with Crippen LogP contribution < -0.4 is 10.3 Å². The highest BCUT2D eigenvalue weighted by atomic mass is 16.5. The number of methoxy groups -OCH3 is 1. The van der Waals surface area contributed by atoms with Crippen LogP contribution in [0.25, 0.3) is 0 Å². The summed E-state index contributed by atoms with van der Waals surface area (Å²) in [5.41, 5.74) is 2.33. The number of nitrogens with zero attached hydrogens (tertiary/aromatic N) is 2. The predicted octanol–water partition coefficient (Wildman–Crippen LogP) is 0.980. The number of β-amino-alcohol motifs (C(OH)–C–C–N with tert-alkyl or cyclic N) is 1. The van der Waals surface area contributed by atoms with Gasteiger partial charge in [-0.15, -0.1) is 0 Å². The Balaban J connectivity index is 1.48. The van der Waals surface area contributed by atoms with Crippen LogP contribution in [0.5, 0.6) is 5.75 Å². The van der Waals surface area contributed by atoms with Gasteiger partial charge in [-0.1, -0.05) is 18.2 Å². The molecule has 1 unspecified atom stereocenters. The van der Waals surface area contributed by atoms with Crippen LogP contribution in [-0.2, 0) is 24.4 Å². The third-order valence-corrected chi connectivity index (χ3v) is 4.20. The zero-order valence-corrected chi connectivity index (χ0v) is 14.5. The SMILES string of the molecule is COc1ccccc1COCC(O)CN1Cc2nc(C)[nH]c(=O)c2C1. The Kier molecular flexibility index (Phi) is 5.47. The number of aromatic nitrogens is 2. The van der Waals surface area contributed by atoms with Crippen molar-refractivity contribution in [2.24, 2.45) is 0 Å². The number of nitrogens with one attached hydrogen (secondary N) is 1. The number of fused-ring (bicyclic) bond motifs is 1. The summed E-state index contributed by atoms with van der Waals surface area (Å²) in [5, 5.41) is 10.2.